The van der Waals surface area contributed by atoms with Crippen molar-refractivity contribution in [3.05, 3.63) is 35.9 Å². The van der Waals surface area contributed by atoms with Gasteiger partial charge in [-0.05, 0) is 32.8 Å². The van der Waals surface area contributed by atoms with Gasteiger partial charge in [0.25, 0.3) is 0 Å². The van der Waals surface area contributed by atoms with Crippen molar-refractivity contribution in [2.24, 2.45) is 0 Å². The SMILES string of the molecule is CC(C)(C)OC(=O)N1CCN(Cc2ccccc2)CC1CCS(C)(=O)=O. The second-order valence-electron chi connectivity index (χ2n) is 7.97. The fourth-order valence-electron chi connectivity index (χ4n) is 3.06. The van der Waals surface area contributed by atoms with Gasteiger partial charge in [-0.2, -0.15) is 0 Å². The molecule has 0 saturated carbocycles. The van der Waals surface area contributed by atoms with Gasteiger partial charge in [0.05, 0.1) is 5.75 Å². The number of piperazine rings is 1. The molecule has 0 radical (unpaired) electrons. The Morgan fingerprint density at radius 2 is 1.85 bits per heavy atom. The fourth-order valence-corrected chi connectivity index (χ4v) is 3.76. The van der Waals surface area contributed by atoms with Gasteiger partial charge in [0, 0.05) is 38.5 Å². The monoisotopic (exact) mass is 382 g/mol. The summed E-state index contributed by atoms with van der Waals surface area (Å²) in [5, 5.41) is 0. The Morgan fingerprint density at radius 1 is 1.19 bits per heavy atom. The molecule has 26 heavy (non-hydrogen) atoms. The Bertz CT molecular complexity index is 698. The van der Waals surface area contributed by atoms with E-state index in [1.165, 1.54) is 11.8 Å². The highest BCUT2D eigenvalue weighted by Gasteiger charge is 2.33. The number of benzene rings is 1. The van der Waals surface area contributed by atoms with Crippen molar-refractivity contribution >= 4 is 15.9 Å². The van der Waals surface area contributed by atoms with E-state index in [1.54, 1.807) is 4.90 Å². The van der Waals surface area contributed by atoms with E-state index in [0.717, 1.165) is 13.1 Å². The van der Waals surface area contributed by atoms with Gasteiger partial charge in [-0.25, -0.2) is 13.2 Å². The van der Waals surface area contributed by atoms with Crippen LogP contribution in [0, 0.1) is 0 Å². The highest BCUT2D eigenvalue weighted by molar-refractivity contribution is 7.90. The maximum atomic E-state index is 12.5. The Hall–Kier alpha value is -1.60. The van der Waals surface area contributed by atoms with Crippen LogP contribution in [0.1, 0.15) is 32.8 Å². The number of amides is 1. The molecule has 0 spiro atoms. The number of nitrogens with zero attached hydrogens (tertiary/aromatic N) is 2. The van der Waals surface area contributed by atoms with Crippen molar-refractivity contribution in [2.45, 2.75) is 45.4 Å². The summed E-state index contributed by atoms with van der Waals surface area (Å²) < 4.78 is 28.7. The number of hydrogen-bond donors (Lipinski definition) is 0. The summed E-state index contributed by atoms with van der Waals surface area (Å²) in [5.74, 6) is 0.0656. The average molecular weight is 383 g/mol. The van der Waals surface area contributed by atoms with Gasteiger partial charge in [-0.15, -0.1) is 0 Å². The molecule has 0 bridgehead atoms. The quantitative estimate of drug-likeness (QED) is 0.783. The van der Waals surface area contributed by atoms with Crippen molar-refractivity contribution in [3.8, 4) is 0 Å². The summed E-state index contributed by atoms with van der Waals surface area (Å²) in [6, 6.07) is 9.98. The number of carbonyl (C=O) groups excluding carboxylic acids is 1. The van der Waals surface area contributed by atoms with Gasteiger partial charge in [0.1, 0.15) is 15.4 Å². The molecular weight excluding hydrogens is 352 g/mol. The maximum Gasteiger partial charge on any atom is 0.410 e. The number of carbonyl (C=O) groups is 1. The third kappa shape index (κ3) is 6.96. The molecule has 7 heteroatoms. The van der Waals surface area contributed by atoms with E-state index in [4.69, 9.17) is 4.74 Å². The molecule has 1 fully saturated rings. The zero-order chi connectivity index (χ0) is 19.4. The Labute approximate surface area is 157 Å². The summed E-state index contributed by atoms with van der Waals surface area (Å²) in [6.45, 7) is 8.22. The molecule has 1 amide bonds. The predicted molar refractivity (Wildman–Crippen MR) is 103 cm³/mol. The smallest absolute Gasteiger partial charge is 0.410 e. The molecule has 1 atom stereocenters. The Balaban J connectivity index is 2.07. The molecule has 1 aliphatic heterocycles. The van der Waals surface area contributed by atoms with Gasteiger partial charge in [0.2, 0.25) is 0 Å². The van der Waals surface area contributed by atoms with E-state index in [1.807, 2.05) is 39.0 Å². The Kier molecular flexibility index (Phi) is 6.69. The van der Waals surface area contributed by atoms with E-state index in [2.05, 4.69) is 17.0 Å². The highest BCUT2D eigenvalue weighted by Crippen LogP contribution is 2.20. The summed E-state index contributed by atoms with van der Waals surface area (Å²) in [5.41, 5.74) is 0.639. The molecule has 0 aromatic heterocycles. The zero-order valence-corrected chi connectivity index (χ0v) is 17.0. The number of sulfone groups is 1. The van der Waals surface area contributed by atoms with Gasteiger partial charge in [-0.1, -0.05) is 30.3 Å². The van der Waals surface area contributed by atoms with Crippen LogP contribution < -0.4 is 0 Å². The van der Waals surface area contributed by atoms with Gasteiger partial charge in [-0.3, -0.25) is 4.90 Å². The second kappa shape index (κ2) is 8.39. The van der Waals surface area contributed by atoms with E-state index in [0.29, 0.717) is 19.5 Å². The lowest BCUT2D eigenvalue weighted by atomic mass is 10.1. The van der Waals surface area contributed by atoms with Crippen molar-refractivity contribution in [1.82, 2.24) is 9.80 Å². The molecule has 0 N–H and O–H groups in total. The van der Waals surface area contributed by atoms with Gasteiger partial charge in [0.15, 0.2) is 0 Å². The van der Waals surface area contributed by atoms with Gasteiger partial charge >= 0.3 is 6.09 Å². The lowest BCUT2D eigenvalue weighted by Crippen LogP contribution is -2.56. The van der Waals surface area contributed by atoms with Crippen LogP contribution in [0.4, 0.5) is 4.79 Å². The third-order valence-corrected chi connectivity index (χ3v) is 5.24. The van der Waals surface area contributed by atoms with Crippen molar-refractivity contribution < 1.29 is 17.9 Å². The van der Waals surface area contributed by atoms with Crippen LogP contribution in [0.25, 0.3) is 0 Å². The van der Waals surface area contributed by atoms with Crippen LogP contribution in [0.2, 0.25) is 0 Å². The van der Waals surface area contributed by atoms with Gasteiger partial charge < -0.3 is 9.64 Å². The molecule has 2 rings (SSSR count). The Morgan fingerprint density at radius 3 is 2.42 bits per heavy atom. The standard InChI is InChI=1S/C19H30N2O4S/c1-19(2,3)25-18(22)21-12-11-20(14-16-8-6-5-7-9-16)15-17(21)10-13-26(4,23)24/h5-9,17H,10-15H2,1-4H3. The zero-order valence-electron chi connectivity index (χ0n) is 16.1. The summed E-state index contributed by atoms with van der Waals surface area (Å²) in [6.07, 6.45) is 1.29. The number of rotatable bonds is 5. The van der Waals surface area contributed by atoms with Crippen LogP contribution in [-0.2, 0) is 21.1 Å². The molecule has 1 heterocycles. The van der Waals surface area contributed by atoms with Crippen molar-refractivity contribution in [3.63, 3.8) is 0 Å². The summed E-state index contributed by atoms with van der Waals surface area (Å²) in [4.78, 5) is 16.5. The van der Waals surface area contributed by atoms with Crippen LogP contribution in [0.3, 0.4) is 0 Å². The van der Waals surface area contributed by atoms with E-state index < -0.39 is 15.4 Å². The minimum absolute atomic E-state index is 0.0656. The molecular formula is C19H30N2O4S. The first-order chi connectivity index (χ1) is 12.0. The van der Waals surface area contributed by atoms with E-state index in [-0.39, 0.29) is 17.9 Å². The first-order valence-corrected chi connectivity index (χ1v) is 11.0. The number of ether oxygens (including phenoxy) is 1. The average Bonchev–Trinajstić information content (AvgIpc) is 2.51. The molecule has 0 aliphatic carbocycles. The normalized spacial score (nSPS) is 19.4. The third-order valence-electron chi connectivity index (χ3n) is 4.27. The molecule has 6 nitrogen and oxygen atoms in total. The largest absolute Gasteiger partial charge is 0.444 e. The first-order valence-electron chi connectivity index (χ1n) is 8.97. The van der Waals surface area contributed by atoms with Crippen molar-refractivity contribution in [2.75, 3.05) is 31.6 Å². The molecule has 1 aliphatic rings. The van der Waals surface area contributed by atoms with Crippen molar-refractivity contribution in [1.29, 1.82) is 0 Å². The maximum absolute atomic E-state index is 12.5. The molecule has 146 valence electrons. The molecule has 1 unspecified atom stereocenters. The van der Waals surface area contributed by atoms with Crippen LogP contribution >= 0.6 is 0 Å². The number of hydrogen-bond acceptors (Lipinski definition) is 5. The lowest BCUT2D eigenvalue weighted by molar-refractivity contribution is -0.00289. The van der Waals surface area contributed by atoms with Crippen LogP contribution in [-0.4, -0.2) is 67.6 Å². The lowest BCUT2D eigenvalue weighted by Gasteiger charge is -2.41. The second-order valence-corrected chi connectivity index (χ2v) is 10.2. The fraction of sp³-hybridized carbons (Fsp3) is 0.632. The molecule has 1 saturated heterocycles. The molecule has 1 aromatic rings. The van der Waals surface area contributed by atoms with E-state index in [9.17, 15) is 13.2 Å². The van der Waals surface area contributed by atoms with Crippen LogP contribution in [0.15, 0.2) is 30.3 Å². The van der Waals surface area contributed by atoms with Crippen LogP contribution in [0.5, 0.6) is 0 Å². The summed E-state index contributed by atoms with van der Waals surface area (Å²) >= 11 is 0. The topological polar surface area (TPSA) is 66.9 Å². The minimum atomic E-state index is -3.08. The molecule has 1 aromatic carbocycles. The van der Waals surface area contributed by atoms with E-state index >= 15 is 0 Å². The summed E-state index contributed by atoms with van der Waals surface area (Å²) in [7, 11) is -3.08. The predicted octanol–water partition coefficient (Wildman–Crippen LogP) is 2.54. The first kappa shape index (κ1) is 20.7. The minimum Gasteiger partial charge on any atom is -0.444 e. The highest BCUT2D eigenvalue weighted by atomic mass is 32.2.